The van der Waals surface area contributed by atoms with Gasteiger partial charge in [0.25, 0.3) is 0 Å². The fourth-order valence-electron chi connectivity index (χ4n) is 0.504. The van der Waals surface area contributed by atoms with Crippen molar-refractivity contribution in [3.8, 4) is 0 Å². The average Bonchev–Trinajstić information content (AvgIpc) is 1.83. The zero-order valence-corrected chi connectivity index (χ0v) is 6.03. The van der Waals surface area contributed by atoms with Gasteiger partial charge in [0.2, 0.25) is 0 Å². The fourth-order valence-corrected chi connectivity index (χ4v) is 0.504. The predicted molar refractivity (Wildman–Crippen MR) is 37.9 cm³/mol. The van der Waals surface area contributed by atoms with Crippen LogP contribution in [0.15, 0.2) is 0 Å². The van der Waals surface area contributed by atoms with E-state index in [0.29, 0.717) is 18.6 Å². The predicted octanol–water partition coefficient (Wildman–Crippen LogP) is 1.79. The number of hydrogen-bond acceptors (Lipinski definition) is 2. The van der Waals surface area contributed by atoms with Gasteiger partial charge in [0.15, 0.2) is 0 Å². The third-order valence-corrected chi connectivity index (χ3v) is 1.21. The standard InChI is InChI=1S/C7H13NO/c1-3-7(8)5-4-6(2)9/h8H,3-5H2,1-2H3. The van der Waals surface area contributed by atoms with E-state index in [1.54, 1.807) is 6.92 Å². The highest BCUT2D eigenvalue weighted by Gasteiger charge is 1.95. The Morgan fingerprint density at radius 1 is 1.44 bits per heavy atom. The zero-order valence-electron chi connectivity index (χ0n) is 6.03. The molecule has 0 rings (SSSR count). The van der Waals surface area contributed by atoms with Gasteiger partial charge in [-0.3, -0.25) is 0 Å². The zero-order chi connectivity index (χ0) is 7.28. The third kappa shape index (κ3) is 5.21. The van der Waals surface area contributed by atoms with Crippen molar-refractivity contribution in [3.05, 3.63) is 0 Å². The minimum absolute atomic E-state index is 0.174. The second-order valence-corrected chi connectivity index (χ2v) is 2.16. The summed E-state index contributed by atoms with van der Waals surface area (Å²) in [4.78, 5) is 10.4. The van der Waals surface area contributed by atoms with E-state index in [0.717, 1.165) is 6.42 Å². The van der Waals surface area contributed by atoms with Gasteiger partial charge in [0, 0.05) is 12.1 Å². The van der Waals surface area contributed by atoms with E-state index in [9.17, 15) is 4.79 Å². The van der Waals surface area contributed by atoms with Crippen LogP contribution in [-0.2, 0) is 4.79 Å². The maximum absolute atomic E-state index is 10.4. The first-order valence-corrected chi connectivity index (χ1v) is 3.22. The molecule has 0 aromatic heterocycles. The summed E-state index contributed by atoms with van der Waals surface area (Å²) in [6, 6.07) is 0. The molecular formula is C7H13NO. The maximum atomic E-state index is 10.4. The van der Waals surface area contributed by atoms with Crippen molar-refractivity contribution in [3.63, 3.8) is 0 Å². The van der Waals surface area contributed by atoms with E-state index < -0.39 is 0 Å². The summed E-state index contributed by atoms with van der Waals surface area (Å²) < 4.78 is 0. The molecule has 0 bridgehead atoms. The van der Waals surface area contributed by atoms with Crippen LogP contribution in [0.3, 0.4) is 0 Å². The highest BCUT2D eigenvalue weighted by molar-refractivity contribution is 5.86. The molecule has 0 atom stereocenters. The lowest BCUT2D eigenvalue weighted by molar-refractivity contribution is -0.116. The molecule has 2 heteroatoms. The lowest BCUT2D eigenvalue weighted by Crippen LogP contribution is -1.97. The number of carbonyl (C=O) groups is 1. The van der Waals surface area contributed by atoms with Crippen LogP contribution in [-0.4, -0.2) is 11.5 Å². The van der Waals surface area contributed by atoms with E-state index in [1.807, 2.05) is 6.92 Å². The molecule has 0 aliphatic heterocycles. The van der Waals surface area contributed by atoms with Crippen LogP contribution in [0, 0.1) is 5.41 Å². The smallest absolute Gasteiger partial charge is 0.130 e. The van der Waals surface area contributed by atoms with Gasteiger partial charge in [-0.05, 0) is 19.8 Å². The number of carbonyl (C=O) groups excluding carboxylic acids is 1. The normalized spacial score (nSPS) is 9.11. The Balaban J connectivity index is 3.28. The monoisotopic (exact) mass is 127 g/mol. The Hall–Kier alpha value is -0.660. The molecule has 1 N–H and O–H groups in total. The molecule has 0 aromatic rings. The van der Waals surface area contributed by atoms with Gasteiger partial charge in [-0.2, -0.15) is 0 Å². The van der Waals surface area contributed by atoms with Crippen LogP contribution in [0.5, 0.6) is 0 Å². The van der Waals surface area contributed by atoms with E-state index in [4.69, 9.17) is 5.41 Å². The summed E-state index contributed by atoms with van der Waals surface area (Å²) in [5.74, 6) is 0.174. The summed E-state index contributed by atoms with van der Waals surface area (Å²) in [6.07, 6.45) is 1.95. The Bertz CT molecular complexity index is 118. The lowest BCUT2D eigenvalue weighted by atomic mass is 10.1. The first kappa shape index (κ1) is 8.34. The Labute approximate surface area is 55.8 Å². The number of nitrogens with one attached hydrogen (secondary N) is 1. The molecule has 0 fully saturated rings. The van der Waals surface area contributed by atoms with E-state index >= 15 is 0 Å². The molecule has 0 radical (unpaired) electrons. The second-order valence-electron chi connectivity index (χ2n) is 2.16. The minimum Gasteiger partial charge on any atom is -0.310 e. The first-order valence-electron chi connectivity index (χ1n) is 3.22. The SMILES string of the molecule is CCC(=N)CCC(C)=O. The summed E-state index contributed by atoms with van der Waals surface area (Å²) >= 11 is 0. The number of hydrogen-bond donors (Lipinski definition) is 1. The van der Waals surface area contributed by atoms with Crippen LogP contribution in [0.1, 0.15) is 33.1 Å². The average molecular weight is 127 g/mol. The molecule has 0 spiro atoms. The Morgan fingerprint density at radius 3 is 2.33 bits per heavy atom. The van der Waals surface area contributed by atoms with E-state index in [1.165, 1.54) is 0 Å². The van der Waals surface area contributed by atoms with Gasteiger partial charge in [0.1, 0.15) is 5.78 Å². The Kier molecular flexibility index (Phi) is 3.93. The molecule has 52 valence electrons. The third-order valence-electron chi connectivity index (χ3n) is 1.21. The van der Waals surface area contributed by atoms with Gasteiger partial charge >= 0.3 is 0 Å². The van der Waals surface area contributed by atoms with Crippen LogP contribution >= 0.6 is 0 Å². The fraction of sp³-hybridized carbons (Fsp3) is 0.714. The molecular weight excluding hydrogens is 114 g/mol. The maximum Gasteiger partial charge on any atom is 0.130 e. The molecule has 2 nitrogen and oxygen atoms in total. The van der Waals surface area contributed by atoms with Gasteiger partial charge < -0.3 is 10.2 Å². The van der Waals surface area contributed by atoms with Gasteiger partial charge in [0.05, 0.1) is 0 Å². The molecule has 9 heavy (non-hydrogen) atoms. The van der Waals surface area contributed by atoms with Crippen LogP contribution in [0.25, 0.3) is 0 Å². The molecule has 0 aliphatic rings. The van der Waals surface area contributed by atoms with E-state index in [2.05, 4.69) is 0 Å². The molecule has 0 heterocycles. The first-order chi connectivity index (χ1) is 4.16. The molecule has 0 saturated carbocycles. The minimum atomic E-state index is 0.174. The highest BCUT2D eigenvalue weighted by Crippen LogP contribution is 1.94. The molecule has 0 amide bonds. The Morgan fingerprint density at radius 2 is 2.00 bits per heavy atom. The van der Waals surface area contributed by atoms with Crippen molar-refractivity contribution in [1.29, 1.82) is 5.41 Å². The second kappa shape index (κ2) is 4.24. The van der Waals surface area contributed by atoms with Crippen molar-refractivity contribution in [2.45, 2.75) is 33.1 Å². The topological polar surface area (TPSA) is 40.9 Å². The van der Waals surface area contributed by atoms with Gasteiger partial charge in [-0.1, -0.05) is 6.92 Å². The van der Waals surface area contributed by atoms with E-state index in [-0.39, 0.29) is 5.78 Å². The van der Waals surface area contributed by atoms with Crippen molar-refractivity contribution in [1.82, 2.24) is 0 Å². The number of ketones is 1. The quantitative estimate of drug-likeness (QED) is 0.574. The summed E-state index contributed by atoms with van der Waals surface area (Å²) in [5.41, 5.74) is 0.671. The molecule has 0 saturated heterocycles. The molecule has 0 aromatic carbocycles. The summed E-state index contributed by atoms with van der Waals surface area (Å²) in [6.45, 7) is 3.49. The number of Topliss-reactive ketones (excluding diaryl/α,β-unsaturated/α-hetero) is 1. The summed E-state index contributed by atoms with van der Waals surface area (Å²) in [5, 5.41) is 7.18. The largest absolute Gasteiger partial charge is 0.310 e. The molecule has 0 aliphatic carbocycles. The molecule has 0 unspecified atom stereocenters. The van der Waals surface area contributed by atoms with Crippen LogP contribution in [0.4, 0.5) is 0 Å². The lowest BCUT2D eigenvalue weighted by Gasteiger charge is -1.94. The number of rotatable bonds is 4. The summed E-state index contributed by atoms with van der Waals surface area (Å²) in [7, 11) is 0. The van der Waals surface area contributed by atoms with Crippen LogP contribution < -0.4 is 0 Å². The van der Waals surface area contributed by atoms with Crippen LogP contribution in [0.2, 0.25) is 0 Å². The van der Waals surface area contributed by atoms with Gasteiger partial charge in [-0.25, -0.2) is 0 Å². The van der Waals surface area contributed by atoms with Crippen molar-refractivity contribution < 1.29 is 4.79 Å². The van der Waals surface area contributed by atoms with Crippen molar-refractivity contribution in [2.24, 2.45) is 0 Å². The van der Waals surface area contributed by atoms with Crippen molar-refractivity contribution in [2.75, 3.05) is 0 Å². The highest BCUT2D eigenvalue weighted by atomic mass is 16.1. The van der Waals surface area contributed by atoms with Crippen molar-refractivity contribution >= 4 is 11.5 Å². The van der Waals surface area contributed by atoms with Gasteiger partial charge in [-0.15, -0.1) is 0 Å².